The van der Waals surface area contributed by atoms with Gasteiger partial charge in [0.1, 0.15) is 5.82 Å². The molecule has 232 valence electrons. The number of piperidine rings is 1. The maximum Gasteiger partial charge on any atom is 0.256 e. The number of benzene rings is 1. The minimum Gasteiger partial charge on any atom is -0.356 e. The van der Waals surface area contributed by atoms with E-state index in [1.165, 1.54) is 57.4 Å². The third-order valence-electron chi connectivity index (χ3n) is 10.00. The molecule has 2 bridgehead atoms. The number of aromatic nitrogens is 6. The zero-order chi connectivity index (χ0) is 30.2. The second-order valence-electron chi connectivity index (χ2n) is 12.8. The number of likely N-dealkylation sites (tertiary alicyclic amines) is 1. The molecule has 12 nitrogen and oxygen atoms in total. The minimum absolute atomic E-state index is 0.312. The summed E-state index contributed by atoms with van der Waals surface area (Å²) in [6, 6.07) is 8.25. The number of rotatable bonds is 7. The number of hydrogen-bond acceptors (Lipinski definition) is 10. The Bertz CT molecular complexity index is 1810. The van der Waals surface area contributed by atoms with E-state index in [1.54, 1.807) is 0 Å². The third-order valence-corrected chi connectivity index (χ3v) is 12.3. The molecule has 6 heterocycles. The normalized spacial score (nSPS) is 23.6. The number of piperazine rings is 1. The molecule has 2 atom stereocenters. The number of fused-ring (bicyclic) bond motifs is 3. The van der Waals surface area contributed by atoms with Crippen molar-refractivity contribution in [3.05, 3.63) is 41.8 Å². The molecule has 44 heavy (non-hydrogen) atoms. The molecule has 4 aromatic rings. The van der Waals surface area contributed by atoms with Crippen LogP contribution in [0.2, 0.25) is 5.02 Å². The molecule has 8 rings (SSSR count). The Labute approximate surface area is 262 Å². The van der Waals surface area contributed by atoms with Crippen molar-refractivity contribution in [1.29, 1.82) is 0 Å². The van der Waals surface area contributed by atoms with E-state index in [1.807, 2.05) is 23.9 Å². The lowest BCUT2D eigenvalue weighted by atomic mass is 10.0. The van der Waals surface area contributed by atoms with Gasteiger partial charge in [-0.1, -0.05) is 11.6 Å². The maximum atomic E-state index is 12.6. The molecule has 4 fully saturated rings. The van der Waals surface area contributed by atoms with E-state index in [9.17, 15) is 8.42 Å². The molecule has 4 aliphatic rings. The molecule has 0 spiro atoms. The van der Waals surface area contributed by atoms with Crippen molar-refractivity contribution < 1.29 is 8.42 Å². The fraction of sp³-hybridized carbons (Fsp3) is 0.533. The molecule has 14 heteroatoms. The highest BCUT2D eigenvalue weighted by atomic mass is 35.5. The lowest BCUT2D eigenvalue weighted by Crippen LogP contribution is -2.57. The summed E-state index contributed by atoms with van der Waals surface area (Å²) in [6.07, 6.45) is 10.8. The van der Waals surface area contributed by atoms with E-state index in [4.69, 9.17) is 16.7 Å². The van der Waals surface area contributed by atoms with Crippen LogP contribution in [0, 0.1) is 0 Å². The number of nitrogens with one attached hydrogen (secondary N) is 1. The van der Waals surface area contributed by atoms with Crippen LogP contribution in [0.3, 0.4) is 0 Å². The summed E-state index contributed by atoms with van der Waals surface area (Å²) in [5, 5.41) is 13.3. The SMILES string of the molecule is CN1C2CCC1CN(C1CCN(c3c4ccc(Nc5ncc(Cl)c(-c6cnn(S(=O)(=O)C7CC7)c6)n5)cc4nn3C)CC1)C2. The van der Waals surface area contributed by atoms with E-state index in [0.717, 1.165) is 51.7 Å². The van der Waals surface area contributed by atoms with Crippen molar-refractivity contribution in [2.75, 3.05) is 43.4 Å². The van der Waals surface area contributed by atoms with Gasteiger partial charge < -0.3 is 10.2 Å². The summed E-state index contributed by atoms with van der Waals surface area (Å²) in [5.41, 5.74) is 2.62. The van der Waals surface area contributed by atoms with Gasteiger partial charge in [-0.3, -0.25) is 14.5 Å². The second kappa shape index (κ2) is 10.7. The molecule has 3 saturated heterocycles. The fourth-order valence-corrected chi connectivity index (χ4v) is 9.05. The van der Waals surface area contributed by atoms with Gasteiger partial charge in [-0.15, -0.1) is 0 Å². The van der Waals surface area contributed by atoms with Crippen LogP contribution in [0.5, 0.6) is 0 Å². The summed E-state index contributed by atoms with van der Waals surface area (Å²) >= 11 is 6.42. The van der Waals surface area contributed by atoms with Gasteiger partial charge in [0.15, 0.2) is 0 Å². The highest BCUT2D eigenvalue weighted by Crippen LogP contribution is 2.35. The van der Waals surface area contributed by atoms with Crippen LogP contribution in [0.25, 0.3) is 22.2 Å². The first kappa shape index (κ1) is 28.2. The zero-order valence-corrected chi connectivity index (χ0v) is 26.5. The molecule has 1 aromatic carbocycles. The molecule has 1 aliphatic carbocycles. The van der Waals surface area contributed by atoms with Crippen molar-refractivity contribution in [1.82, 2.24) is 38.7 Å². The van der Waals surface area contributed by atoms with E-state index < -0.39 is 10.0 Å². The summed E-state index contributed by atoms with van der Waals surface area (Å²) in [6.45, 7) is 4.49. The summed E-state index contributed by atoms with van der Waals surface area (Å²) < 4.78 is 28.2. The van der Waals surface area contributed by atoms with Crippen LogP contribution in [0.15, 0.2) is 36.8 Å². The Hall–Kier alpha value is -3.26. The topological polar surface area (TPSA) is 117 Å². The van der Waals surface area contributed by atoms with Crippen LogP contribution in [-0.4, -0.2) is 104 Å². The number of halogens is 1. The van der Waals surface area contributed by atoms with Crippen LogP contribution >= 0.6 is 11.6 Å². The largest absolute Gasteiger partial charge is 0.356 e. The van der Waals surface area contributed by atoms with Gasteiger partial charge in [0.25, 0.3) is 10.0 Å². The number of anilines is 3. The molecule has 0 amide bonds. The monoisotopic (exact) mass is 636 g/mol. The van der Waals surface area contributed by atoms with Gasteiger partial charge in [-0.25, -0.2) is 18.4 Å². The van der Waals surface area contributed by atoms with Crippen molar-refractivity contribution in [3.8, 4) is 11.3 Å². The molecule has 3 aliphatic heterocycles. The van der Waals surface area contributed by atoms with Gasteiger partial charge >= 0.3 is 0 Å². The Morgan fingerprint density at radius 1 is 0.955 bits per heavy atom. The van der Waals surface area contributed by atoms with Gasteiger partial charge in [0, 0.05) is 68.0 Å². The first-order valence-corrected chi connectivity index (χ1v) is 17.4. The lowest BCUT2D eigenvalue weighted by molar-refractivity contribution is 0.0495. The highest BCUT2D eigenvalue weighted by molar-refractivity contribution is 7.90. The molecule has 1 N–H and O–H groups in total. The second-order valence-corrected chi connectivity index (χ2v) is 15.2. The molecule has 1 saturated carbocycles. The summed E-state index contributed by atoms with van der Waals surface area (Å²) in [7, 11) is 0.844. The van der Waals surface area contributed by atoms with E-state index >= 15 is 0 Å². The van der Waals surface area contributed by atoms with Crippen molar-refractivity contribution in [2.45, 2.75) is 61.9 Å². The van der Waals surface area contributed by atoms with Gasteiger partial charge in [-0.2, -0.15) is 14.3 Å². The minimum atomic E-state index is -3.48. The maximum absolute atomic E-state index is 12.6. The molecular weight excluding hydrogens is 600 g/mol. The Morgan fingerprint density at radius 3 is 2.43 bits per heavy atom. The average Bonchev–Trinajstić information content (AvgIpc) is 3.63. The van der Waals surface area contributed by atoms with E-state index in [-0.39, 0.29) is 5.25 Å². The third kappa shape index (κ3) is 4.93. The van der Waals surface area contributed by atoms with Crippen LogP contribution < -0.4 is 10.2 Å². The summed E-state index contributed by atoms with van der Waals surface area (Å²) in [5.74, 6) is 1.50. The van der Waals surface area contributed by atoms with E-state index in [2.05, 4.69) is 48.2 Å². The Balaban J connectivity index is 0.971. The highest BCUT2D eigenvalue weighted by Gasteiger charge is 2.40. The Morgan fingerprint density at radius 2 is 1.70 bits per heavy atom. The van der Waals surface area contributed by atoms with Crippen LogP contribution in [0.1, 0.15) is 38.5 Å². The standard InChI is InChI=1S/C30H37ClN10O2S/c1-37-22-4-5-23(37)18-40(17-22)21-9-11-39(12-10-21)29-25-8-3-20(13-27(25)36-38(29)2)34-30-32-15-26(31)28(35-30)19-14-33-41(16-19)44(42,43)24-6-7-24/h3,8,13-16,21-24H,4-7,9-12,17-18H2,1-2H3,(H,32,34,35). The number of aryl methyl sites for hydroxylation is 1. The predicted molar refractivity (Wildman–Crippen MR) is 171 cm³/mol. The van der Waals surface area contributed by atoms with Gasteiger partial charge in [0.05, 0.1) is 40.1 Å². The van der Waals surface area contributed by atoms with Crippen molar-refractivity contribution >= 4 is 50.0 Å². The lowest BCUT2D eigenvalue weighted by Gasteiger charge is -2.45. The smallest absolute Gasteiger partial charge is 0.256 e. The Kier molecular flexibility index (Phi) is 6.85. The van der Waals surface area contributed by atoms with Crippen molar-refractivity contribution in [3.63, 3.8) is 0 Å². The predicted octanol–water partition coefficient (Wildman–Crippen LogP) is 3.71. The van der Waals surface area contributed by atoms with Gasteiger partial charge in [0.2, 0.25) is 5.95 Å². The van der Waals surface area contributed by atoms with Gasteiger partial charge in [-0.05, 0) is 63.8 Å². The van der Waals surface area contributed by atoms with E-state index in [0.29, 0.717) is 41.1 Å². The molecule has 2 unspecified atom stereocenters. The summed E-state index contributed by atoms with van der Waals surface area (Å²) in [4.78, 5) is 16.8. The molecular formula is C30H37ClN10O2S. The van der Waals surface area contributed by atoms with Crippen molar-refractivity contribution in [2.24, 2.45) is 7.05 Å². The first-order valence-electron chi connectivity index (χ1n) is 15.5. The van der Waals surface area contributed by atoms with Crippen LogP contribution in [-0.2, 0) is 17.1 Å². The van der Waals surface area contributed by atoms with Crippen LogP contribution in [0.4, 0.5) is 17.5 Å². The first-order chi connectivity index (χ1) is 21.2. The number of likely N-dealkylation sites (N-methyl/N-ethyl adjacent to an activating group) is 1. The molecule has 0 radical (unpaired) electrons. The number of hydrogen-bond donors (Lipinski definition) is 1. The number of nitrogens with zero attached hydrogens (tertiary/aromatic N) is 9. The average molecular weight is 637 g/mol. The fourth-order valence-electron chi connectivity index (χ4n) is 7.37. The quantitative estimate of drug-likeness (QED) is 0.322. The molecule has 3 aromatic heterocycles. The zero-order valence-electron chi connectivity index (χ0n) is 25.0.